The molecule has 0 radical (unpaired) electrons. The Morgan fingerprint density at radius 2 is 1.62 bits per heavy atom. The fourth-order valence-electron chi connectivity index (χ4n) is 3.12. The van der Waals surface area contributed by atoms with Gasteiger partial charge < -0.3 is 24.3 Å². The summed E-state index contributed by atoms with van der Waals surface area (Å²) in [5.41, 5.74) is 1.89. The third-order valence-corrected chi connectivity index (χ3v) is 5.31. The Hall–Kier alpha value is -3.24. The quantitative estimate of drug-likeness (QED) is 0.600. The van der Waals surface area contributed by atoms with E-state index in [0.29, 0.717) is 29.2 Å². The molecule has 4 rings (SSSR count). The zero-order valence-electron chi connectivity index (χ0n) is 18.0. The molecule has 0 fully saturated rings. The van der Waals surface area contributed by atoms with Crippen molar-refractivity contribution in [3.8, 4) is 11.5 Å². The lowest BCUT2D eigenvalue weighted by atomic mass is 10.0. The van der Waals surface area contributed by atoms with E-state index in [1.54, 1.807) is 6.08 Å². The Balaban J connectivity index is 0.000000191. The van der Waals surface area contributed by atoms with Crippen molar-refractivity contribution < 1.29 is 37.3 Å². The standard InChI is InChI=1S/C11H11ClFNO3.C11H9ClFNO3/c2*1-16-11(15)14-7-2-6-3-8(12)9(13)4-10(6)17-5-7/h3-4,7H,2,5H2,1H3,(H,14,15);2-4H,5H2,1H3,(H,14,15). The molecule has 0 saturated heterocycles. The Morgan fingerprint density at radius 1 is 0.971 bits per heavy atom. The first-order chi connectivity index (χ1) is 16.2. The van der Waals surface area contributed by atoms with Gasteiger partial charge in [-0.3, -0.25) is 5.32 Å². The number of carbonyl (C=O) groups excluding carboxylic acids is 2. The van der Waals surface area contributed by atoms with Crippen LogP contribution in [0.4, 0.5) is 18.4 Å². The summed E-state index contributed by atoms with van der Waals surface area (Å²) in [6.07, 6.45) is 1.08. The van der Waals surface area contributed by atoms with Gasteiger partial charge in [0.1, 0.15) is 36.3 Å². The van der Waals surface area contributed by atoms with E-state index >= 15 is 0 Å². The Bertz CT molecular complexity index is 1130. The van der Waals surface area contributed by atoms with E-state index < -0.39 is 23.8 Å². The fourth-order valence-corrected chi connectivity index (χ4v) is 3.48. The summed E-state index contributed by atoms with van der Waals surface area (Å²) in [5, 5.41) is 5.15. The van der Waals surface area contributed by atoms with E-state index in [2.05, 4.69) is 20.1 Å². The minimum atomic E-state index is -0.587. The molecule has 1 unspecified atom stereocenters. The Labute approximate surface area is 203 Å². The molecule has 0 aromatic heterocycles. The number of hydrogen-bond donors (Lipinski definition) is 2. The number of methoxy groups -OCH3 is 2. The van der Waals surface area contributed by atoms with Crippen molar-refractivity contribution >= 4 is 41.5 Å². The van der Waals surface area contributed by atoms with Gasteiger partial charge in [0.05, 0.1) is 36.0 Å². The maximum absolute atomic E-state index is 13.2. The van der Waals surface area contributed by atoms with Gasteiger partial charge in [0.15, 0.2) is 0 Å². The van der Waals surface area contributed by atoms with Crippen molar-refractivity contribution in [2.45, 2.75) is 12.5 Å². The number of halogens is 4. The molecule has 34 heavy (non-hydrogen) atoms. The van der Waals surface area contributed by atoms with E-state index in [9.17, 15) is 18.4 Å². The second kappa shape index (κ2) is 11.3. The minimum absolute atomic E-state index is 0.00270. The first-order valence-electron chi connectivity index (χ1n) is 9.82. The topological polar surface area (TPSA) is 95.1 Å². The maximum atomic E-state index is 13.2. The molecular formula is C22H20Cl2F2N2O6. The number of benzene rings is 2. The normalized spacial score (nSPS) is 15.6. The van der Waals surface area contributed by atoms with Crippen molar-refractivity contribution in [3.63, 3.8) is 0 Å². The van der Waals surface area contributed by atoms with Gasteiger partial charge in [-0.25, -0.2) is 18.4 Å². The second-order valence-corrected chi connectivity index (χ2v) is 7.92. The molecule has 2 heterocycles. The van der Waals surface area contributed by atoms with Gasteiger partial charge in [-0.15, -0.1) is 0 Å². The molecule has 2 N–H and O–H groups in total. The van der Waals surface area contributed by atoms with Crippen LogP contribution in [0.2, 0.25) is 10.0 Å². The van der Waals surface area contributed by atoms with Crippen molar-refractivity contribution in [3.05, 3.63) is 62.8 Å². The molecular weight excluding hydrogens is 497 g/mol. The van der Waals surface area contributed by atoms with E-state index in [0.717, 1.165) is 5.56 Å². The summed E-state index contributed by atoms with van der Waals surface area (Å²) in [6, 6.07) is 5.22. The van der Waals surface area contributed by atoms with Crippen LogP contribution in [-0.4, -0.2) is 45.7 Å². The maximum Gasteiger partial charge on any atom is 0.411 e. The van der Waals surface area contributed by atoms with Crippen molar-refractivity contribution in [1.82, 2.24) is 10.6 Å². The van der Waals surface area contributed by atoms with E-state index in [1.165, 1.54) is 38.5 Å². The van der Waals surface area contributed by atoms with Gasteiger partial charge in [0.2, 0.25) is 0 Å². The Kier molecular flexibility index (Phi) is 8.41. The number of nitrogens with one attached hydrogen (secondary N) is 2. The summed E-state index contributed by atoms with van der Waals surface area (Å²) in [4.78, 5) is 22.0. The minimum Gasteiger partial charge on any atom is -0.491 e. The fraction of sp³-hybridized carbons (Fsp3) is 0.273. The summed E-state index contributed by atoms with van der Waals surface area (Å²) >= 11 is 11.3. The van der Waals surface area contributed by atoms with Crippen LogP contribution in [-0.2, 0) is 15.9 Å². The average Bonchev–Trinajstić information content (AvgIpc) is 2.81. The van der Waals surface area contributed by atoms with Gasteiger partial charge in [-0.2, -0.15) is 0 Å². The first kappa shape index (κ1) is 25.4. The second-order valence-electron chi connectivity index (χ2n) is 7.10. The molecule has 0 spiro atoms. The number of alkyl carbamates (subject to hydrolysis) is 2. The van der Waals surface area contributed by atoms with Crippen LogP contribution in [0.3, 0.4) is 0 Å². The molecule has 1 atom stereocenters. The van der Waals surface area contributed by atoms with Crippen LogP contribution in [0.25, 0.3) is 6.08 Å². The van der Waals surface area contributed by atoms with Crippen LogP contribution in [0.15, 0.2) is 30.0 Å². The monoisotopic (exact) mass is 516 g/mol. The van der Waals surface area contributed by atoms with Crippen LogP contribution in [0, 0.1) is 11.6 Å². The van der Waals surface area contributed by atoms with Gasteiger partial charge in [0.25, 0.3) is 0 Å². The molecule has 2 aliphatic rings. The van der Waals surface area contributed by atoms with Crippen LogP contribution in [0.5, 0.6) is 11.5 Å². The van der Waals surface area contributed by atoms with Crippen molar-refractivity contribution in [2.75, 3.05) is 27.4 Å². The highest BCUT2D eigenvalue weighted by molar-refractivity contribution is 6.31. The van der Waals surface area contributed by atoms with E-state index in [-0.39, 0.29) is 29.3 Å². The van der Waals surface area contributed by atoms with Gasteiger partial charge in [0, 0.05) is 17.7 Å². The summed E-state index contributed by atoms with van der Waals surface area (Å²) < 4.78 is 45.9. The third kappa shape index (κ3) is 6.42. The lowest BCUT2D eigenvalue weighted by Crippen LogP contribution is -2.42. The van der Waals surface area contributed by atoms with E-state index in [4.69, 9.17) is 32.7 Å². The molecule has 0 aliphatic carbocycles. The van der Waals surface area contributed by atoms with Gasteiger partial charge in [-0.1, -0.05) is 23.2 Å². The molecule has 0 bridgehead atoms. The largest absolute Gasteiger partial charge is 0.491 e. The van der Waals surface area contributed by atoms with Crippen LogP contribution < -0.4 is 20.1 Å². The SMILES string of the molecule is COC(=O)NC1=Cc2cc(Cl)c(F)cc2OC1.COC(=O)NC1COc2cc(F)c(Cl)cc2C1. The number of hydrogen-bond acceptors (Lipinski definition) is 6. The first-order valence-corrected chi connectivity index (χ1v) is 10.6. The molecule has 2 aromatic rings. The number of amides is 2. The average molecular weight is 517 g/mol. The molecule has 182 valence electrons. The number of rotatable bonds is 2. The number of fused-ring (bicyclic) bond motifs is 2. The zero-order chi connectivity index (χ0) is 24.8. The molecule has 2 aromatic carbocycles. The van der Waals surface area contributed by atoms with Crippen molar-refractivity contribution in [1.29, 1.82) is 0 Å². The predicted molar refractivity (Wildman–Crippen MR) is 120 cm³/mol. The Morgan fingerprint density at radius 3 is 2.29 bits per heavy atom. The summed E-state index contributed by atoms with van der Waals surface area (Å²) in [6.45, 7) is 0.423. The molecule has 2 amide bonds. The highest BCUT2D eigenvalue weighted by Gasteiger charge is 2.23. The number of ether oxygens (including phenoxy) is 4. The molecule has 8 nitrogen and oxygen atoms in total. The smallest absolute Gasteiger partial charge is 0.411 e. The van der Waals surface area contributed by atoms with Gasteiger partial charge in [-0.05, 0) is 30.2 Å². The van der Waals surface area contributed by atoms with Gasteiger partial charge >= 0.3 is 12.2 Å². The lowest BCUT2D eigenvalue weighted by molar-refractivity contribution is 0.156. The highest BCUT2D eigenvalue weighted by Crippen LogP contribution is 2.31. The third-order valence-electron chi connectivity index (χ3n) is 4.73. The molecule has 0 saturated carbocycles. The summed E-state index contributed by atoms with van der Waals surface area (Å²) in [5.74, 6) is -0.190. The lowest BCUT2D eigenvalue weighted by Gasteiger charge is -2.25. The highest BCUT2D eigenvalue weighted by atomic mass is 35.5. The van der Waals surface area contributed by atoms with Crippen LogP contribution >= 0.6 is 23.2 Å². The summed E-state index contributed by atoms with van der Waals surface area (Å²) in [7, 11) is 2.55. The molecule has 2 aliphatic heterocycles. The number of carbonyl (C=O) groups is 2. The predicted octanol–water partition coefficient (Wildman–Crippen LogP) is 4.71. The van der Waals surface area contributed by atoms with Crippen molar-refractivity contribution in [2.24, 2.45) is 0 Å². The van der Waals surface area contributed by atoms with E-state index in [1.807, 2.05) is 0 Å². The van der Waals surface area contributed by atoms with Crippen LogP contribution in [0.1, 0.15) is 11.1 Å². The zero-order valence-corrected chi connectivity index (χ0v) is 19.6. The molecule has 12 heteroatoms.